The molecule has 1 aromatic carbocycles. The third-order valence-corrected chi connectivity index (χ3v) is 3.64. The predicted molar refractivity (Wildman–Crippen MR) is 73.6 cm³/mol. The van der Waals surface area contributed by atoms with E-state index < -0.39 is 18.0 Å². The van der Waals surface area contributed by atoms with Crippen LogP contribution < -0.4 is 0 Å². The van der Waals surface area contributed by atoms with E-state index in [4.69, 9.17) is 10.5 Å². The SMILES string of the molecule is C[C@H](c1ccccc1)N(C)C(=O)N1C(=N)C[C@H]1C(=O)O. The van der Waals surface area contributed by atoms with Gasteiger partial charge in [0.15, 0.2) is 0 Å². The number of carbonyl (C=O) groups excluding carboxylic acids is 1. The number of carbonyl (C=O) groups is 2. The van der Waals surface area contributed by atoms with Gasteiger partial charge in [0, 0.05) is 13.5 Å². The van der Waals surface area contributed by atoms with Crippen molar-refractivity contribution in [1.82, 2.24) is 9.80 Å². The van der Waals surface area contributed by atoms with E-state index in [1.165, 1.54) is 4.90 Å². The van der Waals surface area contributed by atoms with E-state index in [2.05, 4.69) is 0 Å². The number of rotatable bonds is 3. The molecule has 2 rings (SSSR count). The Kier molecular flexibility index (Phi) is 3.74. The molecule has 2 atom stereocenters. The summed E-state index contributed by atoms with van der Waals surface area (Å²) in [7, 11) is 1.62. The van der Waals surface area contributed by atoms with Crippen LogP contribution >= 0.6 is 0 Å². The first-order valence-corrected chi connectivity index (χ1v) is 6.34. The molecular formula is C14H17N3O3. The molecule has 1 aliphatic rings. The van der Waals surface area contributed by atoms with Crippen molar-refractivity contribution in [1.29, 1.82) is 5.41 Å². The Morgan fingerprint density at radius 1 is 1.40 bits per heavy atom. The molecule has 1 saturated heterocycles. The van der Waals surface area contributed by atoms with E-state index in [1.54, 1.807) is 7.05 Å². The predicted octanol–water partition coefficient (Wildman–Crippen LogP) is 1.94. The molecule has 0 aromatic heterocycles. The third-order valence-electron chi connectivity index (χ3n) is 3.64. The Morgan fingerprint density at radius 2 is 2.00 bits per heavy atom. The molecule has 1 heterocycles. The van der Waals surface area contributed by atoms with Crippen molar-refractivity contribution in [2.45, 2.75) is 25.4 Å². The Bertz CT molecular complexity index is 544. The van der Waals surface area contributed by atoms with Crippen LogP contribution in [0.5, 0.6) is 0 Å². The Morgan fingerprint density at radius 3 is 2.50 bits per heavy atom. The van der Waals surface area contributed by atoms with E-state index >= 15 is 0 Å². The Balaban J connectivity index is 2.13. The largest absolute Gasteiger partial charge is 0.480 e. The van der Waals surface area contributed by atoms with Crippen LogP contribution in [0.25, 0.3) is 0 Å². The fourth-order valence-electron chi connectivity index (χ4n) is 2.19. The number of benzene rings is 1. The Labute approximate surface area is 117 Å². The van der Waals surface area contributed by atoms with Crippen molar-refractivity contribution in [2.75, 3.05) is 7.05 Å². The molecule has 2 amide bonds. The molecule has 20 heavy (non-hydrogen) atoms. The van der Waals surface area contributed by atoms with Crippen LogP contribution in [-0.4, -0.2) is 45.8 Å². The monoisotopic (exact) mass is 275 g/mol. The van der Waals surface area contributed by atoms with Crippen LogP contribution in [0.1, 0.15) is 24.9 Å². The first-order chi connectivity index (χ1) is 9.43. The Hall–Kier alpha value is -2.37. The highest BCUT2D eigenvalue weighted by atomic mass is 16.4. The van der Waals surface area contributed by atoms with Crippen LogP contribution in [0.4, 0.5) is 4.79 Å². The van der Waals surface area contributed by atoms with Gasteiger partial charge in [-0.25, -0.2) is 9.59 Å². The first kappa shape index (κ1) is 14.0. The molecule has 1 aliphatic heterocycles. The van der Waals surface area contributed by atoms with Gasteiger partial charge < -0.3 is 10.0 Å². The lowest BCUT2D eigenvalue weighted by Crippen LogP contribution is -2.61. The first-order valence-electron chi connectivity index (χ1n) is 6.34. The molecule has 0 saturated carbocycles. The smallest absolute Gasteiger partial charge is 0.327 e. The van der Waals surface area contributed by atoms with Crippen LogP contribution in [0.3, 0.4) is 0 Å². The van der Waals surface area contributed by atoms with Crippen molar-refractivity contribution < 1.29 is 14.7 Å². The second-order valence-electron chi connectivity index (χ2n) is 4.85. The summed E-state index contributed by atoms with van der Waals surface area (Å²) in [4.78, 5) is 25.8. The molecule has 0 bridgehead atoms. The number of nitrogens with one attached hydrogen (secondary N) is 1. The highest BCUT2D eigenvalue weighted by Crippen LogP contribution is 2.25. The fourth-order valence-corrected chi connectivity index (χ4v) is 2.19. The van der Waals surface area contributed by atoms with Crippen molar-refractivity contribution >= 4 is 17.8 Å². The number of likely N-dealkylation sites (tertiary alicyclic amines) is 1. The van der Waals surface area contributed by atoms with Crippen molar-refractivity contribution in [3.05, 3.63) is 35.9 Å². The van der Waals surface area contributed by atoms with Gasteiger partial charge in [-0.2, -0.15) is 0 Å². The van der Waals surface area contributed by atoms with Gasteiger partial charge in [-0.05, 0) is 12.5 Å². The van der Waals surface area contributed by atoms with E-state index in [0.29, 0.717) is 0 Å². The molecule has 1 fully saturated rings. The van der Waals surface area contributed by atoms with Gasteiger partial charge in [0.1, 0.15) is 11.9 Å². The summed E-state index contributed by atoms with van der Waals surface area (Å²) < 4.78 is 0. The lowest BCUT2D eigenvalue weighted by atomic mass is 10.0. The second-order valence-corrected chi connectivity index (χ2v) is 4.85. The topological polar surface area (TPSA) is 84.7 Å². The lowest BCUT2D eigenvalue weighted by Gasteiger charge is -2.41. The molecule has 0 radical (unpaired) electrons. The minimum atomic E-state index is -1.07. The summed E-state index contributed by atoms with van der Waals surface area (Å²) in [5, 5.41) is 16.6. The van der Waals surface area contributed by atoms with Gasteiger partial charge in [0.2, 0.25) is 0 Å². The number of aliphatic carboxylic acids is 1. The molecule has 0 unspecified atom stereocenters. The van der Waals surface area contributed by atoms with Crippen molar-refractivity contribution in [2.24, 2.45) is 0 Å². The number of nitrogens with zero attached hydrogens (tertiary/aromatic N) is 2. The average Bonchev–Trinajstić information content (AvgIpc) is 2.43. The zero-order valence-electron chi connectivity index (χ0n) is 11.4. The highest BCUT2D eigenvalue weighted by Gasteiger charge is 2.44. The summed E-state index contributed by atoms with van der Waals surface area (Å²) in [5.41, 5.74) is 0.960. The average molecular weight is 275 g/mol. The minimum absolute atomic E-state index is 0.0505. The maximum atomic E-state index is 12.3. The summed E-state index contributed by atoms with van der Waals surface area (Å²) in [5.74, 6) is -1.02. The maximum Gasteiger partial charge on any atom is 0.327 e. The van der Waals surface area contributed by atoms with E-state index in [1.807, 2.05) is 37.3 Å². The summed E-state index contributed by atoms with van der Waals surface area (Å²) in [6.07, 6.45) is 0.106. The van der Waals surface area contributed by atoms with Gasteiger partial charge in [-0.15, -0.1) is 0 Å². The zero-order valence-corrected chi connectivity index (χ0v) is 11.4. The highest BCUT2D eigenvalue weighted by molar-refractivity contribution is 6.07. The molecule has 1 aromatic rings. The maximum absolute atomic E-state index is 12.3. The van der Waals surface area contributed by atoms with Gasteiger partial charge in [0.25, 0.3) is 0 Å². The number of hydrogen-bond donors (Lipinski definition) is 2. The number of amidine groups is 1. The minimum Gasteiger partial charge on any atom is -0.480 e. The number of carboxylic acids is 1. The van der Waals surface area contributed by atoms with Crippen LogP contribution in [0.15, 0.2) is 30.3 Å². The summed E-state index contributed by atoms with van der Waals surface area (Å²) in [6.45, 7) is 1.87. The summed E-state index contributed by atoms with van der Waals surface area (Å²) in [6, 6.07) is 7.92. The van der Waals surface area contributed by atoms with Crippen LogP contribution in [-0.2, 0) is 4.79 Å². The number of urea groups is 1. The lowest BCUT2D eigenvalue weighted by molar-refractivity contribution is -0.142. The molecule has 106 valence electrons. The standard InChI is InChI=1S/C14H17N3O3/c1-9(10-6-4-3-5-7-10)16(2)14(20)17-11(13(18)19)8-12(17)15/h3-7,9,11,15H,8H2,1-2H3,(H,18,19)/t9-,11+/m1/s1. The van der Waals surface area contributed by atoms with Crippen molar-refractivity contribution in [3.8, 4) is 0 Å². The molecule has 0 aliphatic carbocycles. The normalized spacial score (nSPS) is 19.2. The number of hydrogen-bond acceptors (Lipinski definition) is 3. The fraction of sp³-hybridized carbons (Fsp3) is 0.357. The van der Waals surface area contributed by atoms with Gasteiger partial charge in [-0.1, -0.05) is 30.3 Å². The quantitative estimate of drug-likeness (QED) is 0.884. The van der Waals surface area contributed by atoms with E-state index in [-0.39, 0.29) is 18.3 Å². The van der Waals surface area contributed by atoms with Crippen LogP contribution in [0, 0.1) is 5.41 Å². The van der Waals surface area contributed by atoms with Gasteiger partial charge in [0.05, 0.1) is 6.04 Å². The van der Waals surface area contributed by atoms with Crippen LogP contribution in [0.2, 0.25) is 0 Å². The zero-order chi connectivity index (χ0) is 14.9. The van der Waals surface area contributed by atoms with Gasteiger partial charge in [-0.3, -0.25) is 10.3 Å². The molecule has 6 nitrogen and oxygen atoms in total. The molecule has 0 spiro atoms. The third kappa shape index (κ3) is 2.36. The van der Waals surface area contributed by atoms with Gasteiger partial charge >= 0.3 is 12.0 Å². The van der Waals surface area contributed by atoms with E-state index in [9.17, 15) is 9.59 Å². The number of carboxylic acid groups (broad SMARTS) is 1. The molecular weight excluding hydrogens is 258 g/mol. The number of amides is 2. The molecule has 2 N–H and O–H groups in total. The molecule has 6 heteroatoms. The second kappa shape index (κ2) is 5.32. The summed E-state index contributed by atoms with van der Waals surface area (Å²) >= 11 is 0. The van der Waals surface area contributed by atoms with Crippen molar-refractivity contribution in [3.63, 3.8) is 0 Å². The van der Waals surface area contributed by atoms with E-state index in [0.717, 1.165) is 10.5 Å².